The third-order valence-electron chi connectivity index (χ3n) is 7.08. The van der Waals surface area contributed by atoms with Crippen molar-refractivity contribution in [2.75, 3.05) is 27.2 Å². The number of benzene rings is 2. The smallest absolute Gasteiger partial charge is 0.254 e. The number of carbonyl (C=O) groups is 1. The number of ether oxygens (including phenoxy) is 1. The molecule has 0 unspecified atom stereocenters. The fraction of sp³-hybridized carbons (Fsp3) is 0.387. The van der Waals surface area contributed by atoms with E-state index in [0.717, 1.165) is 46.8 Å². The molecular formula is C31H39N5O3. The highest BCUT2D eigenvalue weighted by Crippen LogP contribution is 2.32. The van der Waals surface area contributed by atoms with Crippen molar-refractivity contribution in [2.45, 2.75) is 53.3 Å². The van der Waals surface area contributed by atoms with Gasteiger partial charge in [0.1, 0.15) is 12.4 Å². The molecule has 8 nitrogen and oxygen atoms in total. The number of nitrogens with one attached hydrogen (secondary N) is 1. The average molecular weight is 530 g/mol. The molecule has 0 fully saturated rings. The van der Waals surface area contributed by atoms with Gasteiger partial charge in [-0.25, -0.2) is 4.98 Å². The number of aryl methyl sites for hydroxylation is 2. The molecule has 0 bridgehead atoms. The normalized spacial score (nSPS) is 11.7. The van der Waals surface area contributed by atoms with E-state index in [9.17, 15) is 9.90 Å². The molecule has 4 aromatic rings. The molecule has 2 heterocycles. The van der Waals surface area contributed by atoms with Crippen LogP contribution in [-0.4, -0.2) is 57.9 Å². The van der Waals surface area contributed by atoms with E-state index in [2.05, 4.69) is 10.4 Å². The van der Waals surface area contributed by atoms with Gasteiger partial charge in [0.05, 0.1) is 28.6 Å². The van der Waals surface area contributed by atoms with Crippen molar-refractivity contribution in [3.8, 4) is 17.0 Å². The highest BCUT2D eigenvalue weighted by atomic mass is 16.5. The Balaban J connectivity index is 1.77. The van der Waals surface area contributed by atoms with Gasteiger partial charge in [-0.3, -0.25) is 9.48 Å². The van der Waals surface area contributed by atoms with Gasteiger partial charge in [0.25, 0.3) is 5.91 Å². The first-order valence-electron chi connectivity index (χ1n) is 13.4. The van der Waals surface area contributed by atoms with Crippen molar-refractivity contribution in [1.29, 1.82) is 0 Å². The molecule has 0 atom stereocenters. The number of carbonyl (C=O) groups excluding carboxylic acids is 1. The number of amides is 1. The standard InChI is InChI=1S/C31H39N5O3/c1-8-36-21(3)23(18-33-36)19-35(7)30(37)26-17-28(22-9-12-29(20(2)15-22)39-14-13-32-6)34-27-11-10-24(16-25(26)27)31(4,5)38/h9-12,15-18,32,38H,8,13-14,19H2,1-7H3. The fourth-order valence-electron chi connectivity index (χ4n) is 4.66. The molecule has 0 aliphatic heterocycles. The highest BCUT2D eigenvalue weighted by Gasteiger charge is 2.22. The molecular weight excluding hydrogens is 490 g/mol. The lowest BCUT2D eigenvalue weighted by atomic mass is 9.94. The Hall–Kier alpha value is -3.75. The van der Waals surface area contributed by atoms with Gasteiger partial charge in [0, 0.05) is 48.9 Å². The first-order valence-corrected chi connectivity index (χ1v) is 13.4. The van der Waals surface area contributed by atoms with E-state index in [-0.39, 0.29) is 5.91 Å². The van der Waals surface area contributed by atoms with Crippen LogP contribution < -0.4 is 10.1 Å². The van der Waals surface area contributed by atoms with Crippen LogP contribution in [-0.2, 0) is 18.7 Å². The third kappa shape index (κ3) is 6.13. The summed E-state index contributed by atoms with van der Waals surface area (Å²) in [5.74, 6) is 0.701. The maximum absolute atomic E-state index is 13.9. The van der Waals surface area contributed by atoms with E-state index in [4.69, 9.17) is 9.72 Å². The average Bonchev–Trinajstić information content (AvgIpc) is 3.26. The monoisotopic (exact) mass is 529 g/mol. The second kappa shape index (κ2) is 11.6. The minimum atomic E-state index is -1.05. The van der Waals surface area contributed by atoms with Crippen molar-refractivity contribution in [1.82, 2.24) is 25.0 Å². The number of likely N-dealkylation sites (N-methyl/N-ethyl adjacent to an activating group) is 1. The molecule has 0 saturated heterocycles. The minimum absolute atomic E-state index is 0.121. The SMILES string of the molecule is CCn1ncc(CN(C)C(=O)c2cc(-c3ccc(OCCNC)c(C)c3)nc3ccc(C(C)(C)O)cc23)c1C. The summed E-state index contributed by atoms with van der Waals surface area (Å²) in [6.45, 7) is 12.1. The quantitative estimate of drug-likeness (QED) is 0.286. The molecule has 0 spiro atoms. The topological polar surface area (TPSA) is 92.5 Å². The van der Waals surface area contributed by atoms with Gasteiger partial charge in [-0.15, -0.1) is 0 Å². The van der Waals surface area contributed by atoms with Crippen LogP contribution in [0.1, 0.15) is 53.5 Å². The zero-order valence-corrected chi connectivity index (χ0v) is 24.0. The van der Waals surface area contributed by atoms with Gasteiger partial charge in [0.2, 0.25) is 0 Å². The Morgan fingerprint density at radius 3 is 2.56 bits per heavy atom. The number of fused-ring (bicyclic) bond motifs is 1. The van der Waals surface area contributed by atoms with Gasteiger partial charge < -0.3 is 20.1 Å². The zero-order chi connectivity index (χ0) is 28.3. The number of hydrogen-bond acceptors (Lipinski definition) is 6. The van der Waals surface area contributed by atoms with Crippen LogP contribution in [0.25, 0.3) is 22.2 Å². The number of aliphatic hydroxyl groups is 1. The van der Waals surface area contributed by atoms with Crippen molar-refractivity contribution in [3.05, 3.63) is 76.6 Å². The summed E-state index contributed by atoms with van der Waals surface area (Å²) in [4.78, 5) is 20.6. The second-order valence-electron chi connectivity index (χ2n) is 10.5. The lowest BCUT2D eigenvalue weighted by Crippen LogP contribution is -2.27. The lowest BCUT2D eigenvalue weighted by molar-refractivity contribution is 0.0775. The van der Waals surface area contributed by atoms with Crippen LogP contribution in [0.15, 0.2) is 48.7 Å². The molecule has 2 aromatic carbocycles. The highest BCUT2D eigenvalue weighted by molar-refractivity contribution is 6.07. The van der Waals surface area contributed by atoms with E-state index in [0.29, 0.717) is 35.3 Å². The summed E-state index contributed by atoms with van der Waals surface area (Å²) in [5.41, 5.74) is 5.56. The summed E-state index contributed by atoms with van der Waals surface area (Å²) in [6.07, 6.45) is 1.83. The van der Waals surface area contributed by atoms with Crippen LogP contribution in [0.5, 0.6) is 5.75 Å². The van der Waals surface area contributed by atoms with Crippen LogP contribution >= 0.6 is 0 Å². The van der Waals surface area contributed by atoms with Crippen LogP contribution in [0.2, 0.25) is 0 Å². The second-order valence-corrected chi connectivity index (χ2v) is 10.5. The van der Waals surface area contributed by atoms with Crippen molar-refractivity contribution in [3.63, 3.8) is 0 Å². The summed E-state index contributed by atoms with van der Waals surface area (Å²) < 4.78 is 7.81. The van der Waals surface area contributed by atoms with Gasteiger partial charge in [0.15, 0.2) is 0 Å². The Bertz CT molecular complexity index is 1490. The van der Waals surface area contributed by atoms with Crippen molar-refractivity contribution in [2.24, 2.45) is 0 Å². The van der Waals surface area contributed by atoms with Crippen molar-refractivity contribution >= 4 is 16.8 Å². The van der Waals surface area contributed by atoms with E-state index >= 15 is 0 Å². The van der Waals surface area contributed by atoms with E-state index in [1.165, 1.54) is 0 Å². The van der Waals surface area contributed by atoms with Crippen LogP contribution in [0, 0.1) is 13.8 Å². The molecule has 0 aliphatic carbocycles. The maximum atomic E-state index is 13.9. The van der Waals surface area contributed by atoms with Gasteiger partial charge in [-0.2, -0.15) is 5.10 Å². The number of aromatic nitrogens is 3. The fourth-order valence-corrected chi connectivity index (χ4v) is 4.66. The molecule has 1 amide bonds. The number of nitrogens with zero attached hydrogens (tertiary/aromatic N) is 4. The Morgan fingerprint density at radius 1 is 1.15 bits per heavy atom. The molecule has 0 saturated carbocycles. The first kappa shape index (κ1) is 28.3. The molecule has 39 heavy (non-hydrogen) atoms. The van der Waals surface area contributed by atoms with E-state index in [1.807, 2.05) is 81.2 Å². The van der Waals surface area contributed by atoms with Gasteiger partial charge in [-0.05, 0) is 89.2 Å². The Labute approximate surface area is 230 Å². The van der Waals surface area contributed by atoms with E-state index < -0.39 is 5.60 Å². The summed E-state index contributed by atoms with van der Waals surface area (Å²) in [6, 6.07) is 13.4. The number of hydrogen-bond donors (Lipinski definition) is 2. The molecule has 8 heteroatoms. The van der Waals surface area contributed by atoms with Crippen LogP contribution in [0.4, 0.5) is 0 Å². The lowest BCUT2D eigenvalue weighted by Gasteiger charge is -2.21. The minimum Gasteiger partial charge on any atom is -0.492 e. The third-order valence-corrected chi connectivity index (χ3v) is 7.08. The predicted octanol–water partition coefficient (Wildman–Crippen LogP) is 4.83. The van der Waals surface area contributed by atoms with E-state index in [1.54, 1.807) is 25.8 Å². The number of rotatable bonds is 10. The maximum Gasteiger partial charge on any atom is 0.254 e. The summed E-state index contributed by atoms with van der Waals surface area (Å²) in [7, 11) is 3.70. The molecule has 2 N–H and O–H groups in total. The molecule has 0 aliphatic rings. The van der Waals surface area contributed by atoms with Crippen LogP contribution in [0.3, 0.4) is 0 Å². The zero-order valence-electron chi connectivity index (χ0n) is 24.0. The number of pyridine rings is 1. The van der Waals surface area contributed by atoms with Gasteiger partial charge >= 0.3 is 0 Å². The van der Waals surface area contributed by atoms with Crippen molar-refractivity contribution < 1.29 is 14.6 Å². The first-order chi connectivity index (χ1) is 18.5. The Morgan fingerprint density at radius 2 is 1.92 bits per heavy atom. The van der Waals surface area contributed by atoms with Gasteiger partial charge in [-0.1, -0.05) is 6.07 Å². The molecule has 4 rings (SSSR count). The Kier molecular flexibility index (Phi) is 8.37. The summed E-state index contributed by atoms with van der Waals surface area (Å²) >= 11 is 0. The molecule has 206 valence electrons. The summed E-state index contributed by atoms with van der Waals surface area (Å²) in [5, 5.41) is 18.9. The predicted molar refractivity (Wildman–Crippen MR) is 155 cm³/mol. The molecule has 0 radical (unpaired) electrons. The molecule has 2 aromatic heterocycles. The largest absolute Gasteiger partial charge is 0.492 e.